The van der Waals surface area contributed by atoms with E-state index in [0.717, 1.165) is 16.6 Å². The van der Waals surface area contributed by atoms with E-state index in [4.69, 9.17) is 0 Å². The topological polar surface area (TPSA) is 120 Å². The molecule has 2 amide bonds. The highest BCUT2D eigenvalue weighted by Crippen LogP contribution is 2.21. The number of carbonyl (C=O) groups is 2. The third-order valence-electron chi connectivity index (χ3n) is 6.18. The highest BCUT2D eigenvalue weighted by Gasteiger charge is 2.20. The average Bonchev–Trinajstić information content (AvgIpc) is 3.30. The van der Waals surface area contributed by atoms with Crippen LogP contribution in [0, 0.1) is 11.8 Å². The van der Waals surface area contributed by atoms with Crippen molar-refractivity contribution in [3.63, 3.8) is 0 Å². The van der Waals surface area contributed by atoms with Gasteiger partial charge in [-0.25, -0.2) is 4.98 Å². The van der Waals surface area contributed by atoms with Gasteiger partial charge in [0.1, 0.15) is 11.9 Å². The van der Waals surface area contributed by atoms with Gasteiger partial charge in [0.15, 0.2) is 0 Å². The number of anilines is 3. The van der Waals surface area contributed by atoms with E-state index in [1.807, 2.05) is 62.0 Å². The normalized spacial score (nSPS) is 11.8. The maximum Gasteiger partial charge on any atom is 0.246 e. The first-order valence-corrected chi connectivity index (χ1v) is 13.3. The van der Waals surface area contributed by atoms with Gasteiger partial charge in [-0.2, -0.15) is 10.1 Å². The van der Waals surface area contributed by atoms with Crippen LogP contribution < -0.4 is 16.0 Å². The summed E-state index contributed by atoms with van der Waals surface area (Å²) in [5, 5.41) is 14.7. The zero-order valence-electron chi connectivity index (χ0n) is 24.2. The molecule has 1 aromatic carbocycles. The van der Waals surface area contributed by atoms with Gasteiger partial charge < -0.3 is 25.8 Å². The SMILES string of the molecule is CCNc1nc(Nc2ccc3cnn(C)c3c2)ncc1C#CCCCNC(=O)[C@H](C)N(C)C(=O)/C=C/CN(C)C. The number of aromatic nitrogens is 4. The molecule has 0 aliphatic heterocycles. The predicted octanol–water partition coefficient (Wildman–Crippen LogP) is 2.75. The van der Waals surface area contributed by atoms with Crippen molar-refractivity contribution < 1.29 is 9.59 Å². The van der Waals surface area contributed by atoms with E-state index in [1.165, 1.54) is 11.0 Å². The Hall–Kier alpha value is -4.43. The van der Waals surface area contributed by atoms with E-state index < -0.39 is 6.04 Å². The maximum atomic E-state index is 12.5. The fourth-order valence-electron chi connectivity index (χ4n) is 3.73. The molecule has 1 atom stereocenters. The third kappa shape index (κ3) is 8.54. The van der Waals surface area contributed by atoms with Crippen LogP contribution in [0.1, 0.15) is 32.3 Å². The minimum atomic E-state index is -0.569. The Kier molecular flexibility index (Phi) is 11.0. The Bertz CT molecular complexity index is 1400. The molecule has 0 saturated carbocycles. The number of rotatable bonds is 12. The number of carbonyl (C=O) groups excluding carboxylic acids is 2. The summed E-state index contributed by atoms with van der Waals surface area (Å²) < 4.78 is 1.82. The van der Waals surface area contributed by atoms with Gasteiger partial charge in [0.25, 0.3) is 0 Å². The summed E-state index contributed by atoms with van der Waals surface area (Å²) in [6.45, 7) is 5.53. The fourth-order valence-corrected chi connectivity index (χ4v) is 3.73. The molecule has 0 radical (unpaired) electrons. The van der Waals surface area contributed by atoms with Crippen molar-refractivity contribution in [3.05, 3.63) is 48.3 Å². The average molecular weight is 546 g/mol. The Morgan fingerprint density at radius 1 is 1.20 bits per heavy atom. The molecule has 0 bridgehead atoms. The number of nitrogens with zero attached hydrogens (tertiary/aromatic N) is 6. The summed E-state index contributed by atoms with van der Waals surface area (Å²) in [4.78, 5) is 37.2. The first-order valence-electron chi connectivity index (χ1n) is 13.3. The summed E-state index contributed by atoms with van der Waals surface area (Å²) in [5.41, 5.74) is 2.58. The van der Waals surface area contributed by atoms with Crippen LogP contribution in [-0.2, 0) is 16.6 Å². The molecular formula is C29H39N9O2. The van der Waals surface area contributed by atoms with Gasteiger partial charge in [-0.1, -0.05) is 17.9 Å². The van der Waals surface area contributed by atoms with Crippen LogP contribution in [0.5, 0.6) is 0 Å². The Morgan fingerprint density at radius 2 is 2.00 bits per heavy atom. The molecule has 0 saturated heterocycles. The lowest BCUT2D eigenvalue weighted by molar-refractivity contribution is -0.135. The zero-order valence-corrected chi connectivity index (χ0v) is 24.2. The number of likely N-dealkylation sites (N-methyl/N-ethyl adjacent to an activating group) is 2. The van der Waals surface area contributed by atoms with Gasteiger partial charge in [-0.15, -0.1) is 0 Å². The van der Waals surface area contributed by atoms with Crippen molar-refractivity contribution in [2.75, 3.05) is 51.4 Å². The van der Waals surface area contributed by atoms with Crippen molar-refractivity contribution in [1.29, 1.82) is 0 Å². The molecule has 11 nitrogen and oxygen atoms in total. The maximum absolute atomic E-state index is 12.5. The van der Waals surface area contributed by atoms with Gasteiger partial charge in [0.05, 0.1) is 23.5 Å². The lowest BCUT2D eigenvalue weighted by Crippen LogP contribution is -2.45. The Balaban J connectivity index is 1.50. The molecule has 212 valence electrons. The molecule has 40 heavy (non-hydrogen) atoms. The molecule has 2 heterocycles. The fraction of sp³-hybridized carbons (Fsp3) is 0.414. The molecule has 0 fully saturated rings. The molecule has 0 unspecified atom stereocenters. The second-order valence-electron chi connectivity index (χ2n) is 9.64. The second-order valence-corrected chi connectivity index (χ2v) is 9.64. The van der Waals surface area contributed by atoms with Crippen molar-refractivity contribution in [3.8, 4) is 11.8 Å². The van der Waals surface area contributed by atoms with Crippen LogP contribution in [0.2, 0.25) is 0 Å². The Labute approximate surface area is 236 Å². The van der Waals surface area contributed by atoms with Crippen molar-refractivity contribution in [1.82, 2.24) is 34.9 Å². The smallest absolute Gasteiger partial charge is 0.246 e. The third-order valence-corrected chi connectivity index (χ3v) is 6.18. The summed E-state index contributed by atoms with van der Waals surface area (Å²) in [5.74, 6) is 7.00. The lowest BCUT2D eigenvalue weighted by atomic mass is 10.2. The largest absolute Gasteiger partial charge is 0.369 e. The quantitative estimate of drug-likeness (QED) is 0.181. The van der Waals surface area contributed by atoms with Gasteiger partial charge in [0.2, 0.25) is 17.8 Å². The highest BCUT2D eigenvalue weighted by molar-refractivity contribution is 5.92. The van der Waals surface area contributed by atoms with Crippen LogP contribution in [0.25, 0.3) is 10.9 Å². The van der Waals surface area contributed by atoms with Gasteiger partial charge in [-0.05, 0) is 52.6 Å². The number of unbranched alkanes of at least 4 members (excludes halogenated alkanes) is 1. The Morgan fingerprint density at radius 3 is 2.75 bits per heavy atom. The lowest BCUT2D eigenvalue weighted by Gasteiger charge is -2.23. The van der Waals surface area contributed by atoms with E-state index in [9.17, 15) is 9.59 Å². The van der Waals surface area contributed by atoms with Crippen LogP contribution in [-0.4, -0.2) is 88.2 Å². The van der Waals surface area contributed by atoms with Gasteiger partial charge in [-0.3, -0.25) is 14.3 Å². The van der Waals surface area contributed by atoms with Crippen molar-refractivity contribution in [2.24, 2.45) is 7.05 Å². The first kappa shape index (κ1) is 30.1. The molecule has 0 spiro atoms. The molecular weight excluding hydrogens is 506 g/mol. The first-order chi connectivity index (χ1) is 19.2. The summed E-state index contributed by atoms with van der Waals surface area (Å²) >= 11 is 0. The van der Waals surface area contributed by atoms with Crippen LogP contribution in [0.4, 0.5) is 17.5 Å². The van der Waals surface area contributed by atoms with Gasteiger partial charge in [0, 0.05) is 57.3 Å². The molecule has 3 N–H and O–H groups in total. The molecule has 0 aliphatic rings. The number of nitrogens with one attached hydrogen (secondary N) is 3. The predicted molar refractivity (Wildman–Crippen MR) is 159 cm³/mol. The number of amides is 2. The molecule has 3 rings (SSSR count). The number of aryl methyl sites for hydroxylation is 1. The number of hydrogen-bond donors (Lipinski definition) is 3. The summed E-state index contributed by atoms with van der Waals surface area (Å²) in [7, 11) is 7.38. The monoisotopic (exact) mass is 545 g/mol. The summed E-state index contributed by atoms with van der Waals surface area (Å²) in [6.07, 6.45) is 8.07. The molecule has 0 aliphatic carbocycles. The molecule has 2 aromatic heterocycles. The standard InChI is InChI=1S/C29H39N9O2/c1-7-30-27-23(19-32-29(35-27)34-24-15-14-22-20-33-38(6)25(22)18-24)12-9-8-10-16-31-28(40)21(2)37(5)26(39)13-11-17-36(3)4/h11,13-15,18-21H,7-8,10,16-17H2,1-6H3,(H,31,40)(H2,30,32,34,35)/b13-11+/t21-/m0/s1. The van der Waals surface area contributed by atoms with E-state index in [1.54, 1.807) is 26.2 Å². The highest BCUT2D eigenvalue weighted by atomic mass is 16.2. The number of fused-ring (bicyclic) bond motifs is 1. The van der Waals surface area contributed by atoms with Crippen molar-refractivity contribution in [2.45, 2.75) is 32.7 Å². The second kappa shape index (κ2) is 14.6. The van der Waals surface area contributed by atoms with Crippen molar-refractivity contribution >= 4 is 40.2 Å². The molecule has 3 aromatic rings. The van der Waals surface area contributed by atoms with Crippen LogP contribution >= 0.6 is 0 Å². The minimum absolute atomic E-state index is 0.196. The van der Waals surface area contributed by atoms with E-state index in [0.29, 0.717) is 49.8 Å². The summed E-state index contributed by atoms with van der Waals surface area (Å²) in [6, 6.07) is 5.40. The van der Waals surface area contributed by atoms with Crippen LogP contribution in [0.3, 0.4) is 0 Å². The van der Waals surface area contributed by atoms with E-state index >= 15 is 0 Å². The van der Waals surface area contributed by atoms with Gasteiger partial charge >= 0.3 is 0 Å². The number of benzene rings is 1. The zero-order chi connectivity index (χ0) is 29.1. The number of hydrogen-bond acceptors (Lipinski definition) is 8. The van der Waals surface area contributed by atoms with Crippen LogP contribution in [0.15, 0.2) is 42.7 Å². The molecule has 11 heteroatoms. The minimum Gasteiger partial charge on any atom is -0.369 e. The van der Waals surface area contributed by atoms with E-state index in [-0.39, 0.29) is 11.8 Å². The van der Waals surface area contributed by atoms with E-state index in [2.05, 4.69) is 42.9 Å².